The Hall–Kier alpha value is -5.77. The van der Waals surface area contributed by atoms with Crippen LogP contribution < -0.4 is 4.98 Å². The summed E-state index contributed by atoms with van der Waals surface area (Å²) in [4.78, 5) is 15.5. The summed E-state index contributed by atoms with van der Waals surface area (Å²) >= 11 is 0. The number of pyridine rings is 1. The van der Waals surface area contributed by atoms with E-state index in [0.29, 0.717) is 0 Å². The molecule has 10 aromatic rings. The van der Waals surface area contributed by atoms with Crippen LogP contribution in [-0.2, 0) is 26.5 Å². The normalized spacial score (nSPS) is 12.0. The van der Waals surface area contributed by atoms with Crippen molar-refractivity contribution >= 4 is 54.6 Å². The number of hydrogen-bond acceptors (Lipinski definition) is 2. The van der Waals surface area contributed by atoms with E-state index in [2.05, 4.69) is 157 Å². The fourth-order valence-electron chi connectivity index (χ4n) is 7.61. The second-order valence-electron chi connectivity index (χ2n) is 14.2. The summed E-state index contributed by atoms with van der Waals surface area (Å²) in [5, 5.41) is 4.63. The number of para-hydroxylation sites is 4. The van der Waals surface area contributed by atoms with Crippen molar-refractivity contribution in [2.24, 2.45) is 0 Å². The first-order valence-electron chi connectivity index (χ1n) is 17.4. The Morgan fingerprint density at radius 3 is 2.19 bits per heavy atom. The van der Waals surface area contributed by atoms with Crippen LogP contribution in [0.2, 0.25) is 0 Å². The molecule has 6 heteroatoms. The maximum Gasteiger partial charge on any atom is 2.00 e. The third kappa shape index (κ3) is 4.95. The number of rotatable bonds is 4. The van der Waals surface area contributed by atoms with Crippen molar-refractivity contribution in [1.82, 2.24) is 24.1 Å². The van der Waals surface area contributed by atoms with Gasteiger partial charge in [-0.15, -0.1) is 34.8 Å². The van der Waals surface area contributed by atoms with Crippen molar-refractivity contribution in [1.29, 1.82) is 0 Å². The van der Waals surface area contributed by atoms with Gasteiger partial charge in [0.2, 0.25) is 0 Å². The summed E-state index contributed by atoms with van der Waals surface area (Å²) in [6, 6.07) is 52.8. The molecule has 0 aliphatic heterocycles. The summed E-state index contributed by atoms with van der Waals surface area (Å²) in [7, 11) is 0. The van der Waals surface area contributed by atoms with Gasteiger partial charge in [-0.25, -0.2) is 9.97 Å². The van der Waals surface area contributed by atoms with Gasteiger partial charge < -0.3 is 9.55 Å². The molecular formula is C46H33N5Pt. The van der Waals surface area contributed by atoms with Gasteiger partial charge in [-0.3, -0.25) is 4.57 Å². The van der Waals surface area contributed by atoms with Crippen molar-refractivity contribution in [3.05, 3.63) is 157 Å². The van der Waals surface area contributed by atoms with E-state index in [-0.39, 0.29) is 26.5 Å². The van der Waals surface area contributed by atoms with Gasteiger partial charge in [0.1, 0.15) is 11.6 Å². The standard InChI is InChI=1S/C46H33N5.Pt/c1-46(2,3)30-23-25-38-37(28-30)35-17-11-18-36(43(35)48-38)45-49-44-32(16-12-20-40(44)50(45)31-13-5-4-6-14-31)29-22-24-34-33-15-7-8-19-39(33)51(41(34)27-29)42-21-9-10-26-47-42;/h4-26,28H,1-3H3;/q-2;+2. The number of hydrogen-bond donors (Lipinski definition) is 0. The van der Waals surface area contributed by atoms with Gasteiger partial charge in [-0.2, -0.15) is 0 Å². The smallest absolute Gasteiger partial charge is 0.656 e. The van der Waals surface area contributed by atoms with Gasteiger partial charge in [0, 0.05) is 23.0 Å². The molecule has 4 heterocycles. The monoisotopic (exact) mass is 850 g/mol. The molecule has 0 fully saturated rings. The fraction of sp³-hybridized carbons (Fsp3) is 0.0870. The largest absolute Gasteiger partial charge is 2.00 e. The molecule has 0 radical (unpaired) electrons. The Bertz CT molecular complexity index is 2940. The second kappa shape index (κ2) is 12.2. The van der Waals surface area contributed by atoms with E-state index < -0.39 is 0 Å². The van der Waals surface area contributed by atoms with Crippen LogP contribution in [0.3, 0.4) is 0 Å². The first kappa shape index (κ1) is 32.2. The van der Waals surface area contributed by atoms with E-state index >= 15 is 0 Å². The molecule has 5 nitrogen and oxygen atoms in total. The second-order valence-corrected chi connectivity index (χ2v) is 14.2. The molecule has 10 rings (SSSR count). The molecule has 0 spiro atoms. The Kier molecular flexibility index (Phi) is 7.53. The fourth-order valence-corrected chi connectivity index (χ4v) is 7.61. The predicted molar refractivity (Wildman–Crippen MR) is 210 cm³/mol. The van der Waals surface area contributed by atoms with Gasteiger partial charge in [-0.05, 0) is 69.1 Å². The van der Waals surface area contributed by atoms with Crippen LogP contribution in [0.4, 0.5) is 0 Å². The van der Waals surface area contributed by atoms with Crippen LogP contribution in [0.25, 0.3) is 88.7 Å². The molecule has 0 saturated carbocycles. The van der Waals surface area contributed by atoms with Crippen LogP contribution in [-0.4, -0.2) is 19.1 Å². The van der Waals surface area contributed by atoms with E-state index in [4.69, 9.17) is 15.0 Å². The van der Waals surface area contributed by atoms with Gasteiger partial charge in [0.05, 0.1) is 11.0 Å². The molecule has 0 atom stereocenters. The Morgan fingerprint density at radius 1 is 0.615 bits per heavy atom. The van der Waals surface area contributed by atoms with Crippen LogP contribution in [0.15, 0.2) is 146 Å². The van der Waals surface area contributed by atoms with Crippen LogP contribution in [0.1, 0.15) is 26.3 Å². The van der Waals surface area contributed by atoms with E-state index in [1.165, 1.54) is 16.3 Å². The number of imidazole rings is 1. The van der Waals surface area contributed by atoms with Crippen molar-refractivity contribution in [2.45, 2.75) is 26.2 Å². The molecule has 0 N–H and O–H groups in total. The quantitative estimate of drug-likeness (QED) is 0.166. The summed E-state index contributed by atoms with van der Waals surface area (Å²) in [6.07, 6.45) is 1.84. The molecule has 52 heavy (non-hydrogen) atoms. The van der Waals surface area contributed by atoms with Crippen molar-refractivity contribution in [3.8, 4) is 34.0 Å². The van der Waals surface area contributed by atoms with Gasteiger partial charge in [0.25, 0.3) is 0 Å². The zero-order chi connectivity index (χ0) is 34.3. The first-order valence-corrected chi connectivity index (χ1v) is 17.4. The molecule has 0 aliphatic carbocycles. The number of nitrogens with zero attached hydrogens (tertiary/aromatic N) is 5. The van der Waals surface area contributed by atoms with Crippen molar-refractivity contribution in [2.75, 3.05) is 0 Å². The van der Waals surface area contributed by atoms with E-state index in [0.717, 1.165) is 77.9 Å². The van der Waals surface area contributed by atoms with Crippen LogP contribution in [0.5, 0.6) is 0 Å². The average molecular weight is 851 g/mol. The zero-order valence-corrected chi connectivity index (χ0v) is 31.2. The SMILES string of the molecule is CC(C)(C)c1ccc2[n-]c3c(-c4nc5c(-c6[c-]c7c(cc6)c6ccccc6n7-c6ccccn6)cccc5n4-c4ccccc4)cccc3c2c1.[Pt+2]. The van der Waals surface area contributed by atoms with Gasteiger partial charge in [-0.1, -0.05) is 123 Å². The van der Waals surface area contributed by atoms with Crippen LogP contribution >= 0.6 is 0 Å². The minimum absolute atomic E-state index is 0. The Labute approximate surface area is 315 Å². The average Bonchev–Trinajstić information content (AvgIpc) is 3.84. The summed E-state index contributed by atoms with van der Waals surface area (Å²) in [6.45, 7) is 6.77. The zero-order valence-electron chi connectivity index (χ0n) is 28.9. The maximum atomic E-state index is 5.50. The molecule has 6 aromatic carbocycles. The maximum absolute atomic E-state index is 5.50. The van der Waals surface area contributed by atoms with E-state index in [9.17, 15) is 0 Å². The summed E-state index contributed by atoms with van der Waals surface area (Å²) in [5.41, 5.74) is 11.4. The minimum atomic E-state index is 0. The third-order valence-corrected chi connectivity index (χ3v) is 10.1. The number of benzene rings is 6. The van der Waals surface area contributed by atoms with Crippen LogP contribution in [0, 0.1) is 6.07 Å². The first-order chi connectivity index (χ1) is 24.9. The molecule has 4 aromatic heterocycles. The number of aromatic nitrogens is 5. The molecule has 0 unspecified atom stereocenters. The van der Waals surface area contributed by atoms with Gasteiger partial charge in [0.15, 0.2) is 0 Å². The molecule has 252 valence electrons. The minimum Gasteiger partial charge on any atom is -0.656 e. The predicted octanol–water partition coefficient (Wildman–Crippen LogP) is 11.2. The Balaban J connectivity index is 0.00000360. The van der Waals surface area contributed by atoms with E-state index in [1.807, 2.05) is 24.4 Å². The number of fused-ring (bicyclic) bond motifs is 7. The van der Waals surface area contributed by atoms with Crippen molar-refractivity contribution < 1.29 is 21.1 Å². The molecule has 0 amide bonds. The topological polar surface area (TPSA) is 49.7 Å². The van der Waals surface area contributed by atoms with Crippen molar-refractivity contribution in [3.63, 3.8) is 0 Å². The molecule has 0 saturated heterocycles. The van der Waals surface area contributed by atoms with E-state index in [1.54, 1.807) is 0 Å². The van der Waals surface area contributed by atoms with Gasteiger partial charge >= 0.3 is 21.1 Å². The molecule has 0 bridgehead atoms. The Morgan fingerprint density at radius 2 is 1.37 bits per heavy atom. The molecule has 0 aliphatic rings. The summed E-state index contributed by atoms with van der Waals surface area (Å²) < 4.78 is 4.48. The molecular weight excluding hydrogens is 818 g/mol. The summed E-state index contributed by atoms with van der Waals surface area (Å²) in [5.74, 6) is 1.72. The third-order valence-electron chi connectivity index (χ3n) is 10.1.